The van der Waals surface area contributed by atoms with Gasteiger partial charge in [-0.2, -0.15) is 0 Å². The second-order valence-electron chi connectivity index (χ2n) is 2.99. The molecular formula is C9H15N. The highest BCUT2D eigenvalue weighted by Crippen LogP contribution is 2.21. The number of allylic oxidation sites excluding steroid dienone is 2. The van der Waals surface area contributed by atoms with Crippen LogP contribution in [0.5, 0.6) is 0 Å². The lowest BCUT2D eigenvalue weighted by Crippen LogP contribution is -2.12. The second-order valence-corrected chi connectivity index (χ2v) is 2.99. The van der Waals surface area contributed by atoms with Gasteiger partial charge >= 0.3 is 0 Å². The van der Waals surface area contributed by atoms with Crippen LogP contribution in [0.2, 0.25) is 0 Å². The van der Waals surface area contributed by atoms with E-state index in [2.05, 4.69) is 19.9 Å². The Labute approximate surface area is 62.6 Å². The van der Waals surface area contributed by atoms with Crippen LogP contribution in [-0.4, -0.2) is 5.71 Å². The van der Waals surface area contributed by atoms with Crippen LogP contribution in [0, 0.1) is 11.3 Å². The summed E-state index contributed by atoms with van der Waals surface area (Å²) in [6.07, 6.45) is 5.52. The summed E-state index contributed by atoms with van der Waals surface area (Å²) in [5.41, 5.74) is 2.43. The molecule has 1 heteroatoms. The first-order chi connectivity index (χ1) is 4.74. The van der Waals surface area contributed by atoms with Crippen LogP contribution < -0.4 is 0 Å². The SMILES string of the molecule is CCC1=C[C@@H](C)C(=N)CC1. The van der Waals surface area contributed by atoms with E-state index in [9.17, 15) is 0 Å². The molecule has 1 N–H and O–H groups in total. The molecule has 1 aliphatic rings. The molecule has 1 aliphatic carbocycles. The summed E-state index contributed by atoms with van der Waals surface area (Å²) < 4.78 is 0. The average molecular weight is 137 g/mol. The number of rotatable bonds is 1. The zero-order valence-corrected chi connectivity index (χ0v) is 6.78. The zero-order valence-electron chi connectivity index (χ0n) is 6.78. The van der Waals surface area contributed by atoms with Gasteiger partial charge in [-0.05, 0) is 19.3 Å². The van der Waals surface area contributed by atoms with Gasteiger partial charge in [0.2, 0.25) is 0 Å². The summed E-state index contributed by atoms with van der Waals surface area (Å²) >= 11 is 0. The van der Waals surface area contributed by atoms with Gasteiger partial charge in [-0.1, -0.05) is 25.5 Å². The van der Waals surface area contributed by atoms with Crippen molar-refractivity contribution in [2.75, 3.05) is 0 Å². The molecule has 1 rings (SSSR count). The predicted molar refractivity (Wildman–Crippen MR) is 44.5 cm³/mol. The van der Waals surface area contributed by atoms with Crippen molar-refractivity contribution in [3.05, 3.63) is 11.6 Å². The molecule has 0 bridgehead atoms. The van der Waals surface area contributed by atoms with E-state index < -0.39 is 0 Å². The third-order valence-corrected chi connectivity index (χ3v) is 2.20. The molecule has 0 saturated carbocycles. The Morgan fingerprint density at radius 2 is 2.30 bits per heavy atom. The third-order valence-electron chi connectivity index (χ3n) is 2.20. The van der Waals surface area contributed by atoms with Crippen molar-refractivity contribution in [2.24, 2.45) is 5.92 Å². The van der Waals surface area contributed by atoms with E-state index in [-0.39, 0.29) is 0 Å². The molecule has 56 valence electrons. The van der Waals surface area contributed by atoms with E-state index in [0.717, 1.165) is 25.0 Å². The highest BCUT2D eigenvalue weighted by molar-refractivity contribution is 5.86. The second kappa shape index (κ2) is 3.00. The van der Waals surface area contributed by atoms with Crippen LogP contribution in [-0.2, 0) is 0 Å². The summed E-state index contributed by atoms with van der Waals surface area (Å²) in [6.45, 7) is 4.30. The highest BCUT2D eigenvalue weighted by Gasteiger charge is 2.12. The smallest absolute Gasteiger partial charge is 0.0158 e. The molecular weight excluding hydrogens is 122 g/mol. The molecule has 1 nitrogen and oxygen atoms in total. The third kappa shape index (κ3) is 1.47. The monoisotopic (exact) mass is 137 g/mol. The van der Waals surface area contributed by atoms with E-state index in [4.69, 9.17) is 5.41 Å². The van der Waals surface area contributed by atoms with Gasteiger partial charge in [-0.3, -0.25) is 0 Å². The molecule has 0 aromatic carbocycles. The Hall–Kier alpha value is -0.590. The van der Waals surface area contributed by atoms with Gasteiger partial charge in [0.25, 0.3) is 0 Å². The zero-order chi connectivity index (χ0) is 7.56. The Kier molecular flexibility index (Phi) is 2.25. The van der Waals surface area contributed by atoms with Gasteiger partial charge in [0, 0.05) is 11.6 Å². The molecule has 0 saturated heterocycles. The lowest BCUT2D eigenvalue weighted by molar-refractivity contribution is 0.801. The van der Waals surface area contributed by atoms with Crippen molar-refractivity contribution < 1.29 is 0 Å². The molecule has 10 heavy (non-hydrogen) atoms. The molecule has 0 radical (unpaired) electrons. The molecule has 0 heterocycles. The first-order valence-electron chi connectivity index (χ1n) is 4.01. The number of nitrogens with one attached hydrogen (secondary N) is 1. The van der Waals surface area contributed by atoms with Crippen molar-refractivity contribution in [2.45, 2.75) is 33.1 Å². The van der Waals surface area contributed by atoms with Crippen molar-refractivity contribution in [3.63, 3.8) is 0 Å². The number of hydrogen-bond donors (Lipinski definition) is 1. The minimum atomic E-state index is 0.406. The van der Waals surface area contributed by atoms with Crippen LogP contribution in [0.3, 0.4) is 0 Å². The predicted octanol–water partition coefficient (Wildman–Crippen LogP) is 2.77. The van der Waals surface area contributed by atoms with Gasteiger partial charge in [-0.15, -0.1) is 0 Å². The molecule has 0 fully saturated rings. The molecule has 1 atom stereocenters. The normalized spacial score (nSPS) is 26.4. The summed E-state index contributed by atoms with van der Waals surface area (Å²) in [5.74, 6) is 0.406. The maximum absolute atomic E-state index is 7.52. The number of hydrogen-bond acceptors (Lipinski definition) is 1. The average Bonchev–Trinajstić information content (AvgIpc) is 1.95. The first-order valence-corrected chi connectivity index (χ1v) is 4.01. The van der Waals surface area contributed by atoms with E-state index in [0.29, 0.717) is 5.92 Å². The Morgan fingerprint density at radius 3 is 2.80 bits per heavy atom. The maximum Gasteiger partial charge on any atom is 0.0158 e. The lowest BCUT2D eigenvalue weighted by atomic mass is 9.89. The quantitative estimate of drug-likeness (QED) is 0.537. The van der Waals surface area contributed by atoms with Crippen molar-refractivity contribution in [1.82, 2.24) is 0 Å². The summed E-state index contributed by atoms with van der Waals surface area (Å²) in [5, 5.41) is 7.52. The summed E-state index contributed by atoms with van der Waals surface area (Å²) in [6, 6.07) is 0. The lowest BCUT2D eigenvalue weighted by Gasteiger charge is -2.17. The van der Waals surface area contributed by atoms with Crippen LogP contribution in [0.15, 0.2) is 11.6 Å². The van der Waals surface area contributed by atoms with E-state index in [1.165, 1.54) is 5.57 Å². The Bertz CT molecular complexity index is 168. The first kappa shape index (κ1) is 7.52. The summed E-state index contributed by atoms with van der Waals surface area (Å²) in [4.78, 5) is 0. The van der Waals surface area contributed by atoms with Crippen LogP contribution in [0.25, 0.3) is 0 Å². The van der Waals surface area contributed by atoms with Gasteiger partial charge in [0.05, 0.1) is 0 Å². The van der Waals surface area contributed by atoms with Crippen molar-refractivity contribution in [3.8, 4) is 0 Å². The topological polar surface area (TPSA) is 23.9 Å². The molecule has 0 spiro atoms. The Balaban J connectivity index is 2.65. The van der Waals surface area contributed by atoms with Gasteiger partial charge in [0.15, 0.2) is 0 Å². The van der Waals surface area contributed by atoms with Crippen LogP contribution in [0.4, 0.5) is 0 Å². The van der Waals surface area contributed by atoms with Crippen molar-refractivity contribution >= 4 is 5.71 Å². The molecule has 0 aliphatic heterocycles. The van der Waals surface area contributed by atoms with Gasteiger partial charge in [-0.25, -0.2) is 0 Å². The van der Waals surface area contributed by atoms with Crippen LogP contribution in [0.1, 0.15) is 33.1 Å². The largest absolute Gasteiger partial charge is 0.309 e. The van der Waals surface area contributed by atoms with Crippen LogP contribution >= 0.6 is 0 Å². The molecule has 0 aromatic heterocycles. The van der Waals surface area contributed by atoms with Crippen molar-refractivity contribution in [1.29, 1.82) is 5.41 Å². The van der Waals surface area contributed by atoms with E-state index in [1.54, 1.807) is 0 Å². The van der Waals surface area contributed by atoms with Gasteiger partial charge < -0.3 is 5.41 Å². The van der Waals surface area contributed by atoms with E-state index >= 15 is 0 Å². The summed E-state index contributed by atoms with van der Waals surface area (Å²) in [7, 11) is 0. The molecule has 0 aromatic rings. The fraction of sp³-hybridized carbons (Fsp3) is 0.667. The molecule has 0 unspecified atom stereocenters. The molecule has 0 amide bonds. The maximum atomic E-state index is 7.52. The fourth-order valence-electron chi connectivity index (χ4n) is 1.36. The fourth-order valence-corrected chi connectivity index (χ4v) is 1.36. The standard InChI is InChI=1S/C9H15N/c1-3-8-4-5-9(10)7(2)6-8/h6-7,10H,3-5H2,1-2H3/t7-/m1/s1. The minimum Gasteiger partial charge on any atom is -0.309 e. The van der Waals surface area contributed by atoms with Gasteiger partial charge in [0.1, 0.15) is 0 Å². The highest BCUT2D eigenvalue weighted by atomic mass is 14.4. The minimum absolute atomic E-state index is 0.406. The Morgan fingerprint density at radius 1 is 1.60 bits per heavy atom. The van der Waals surface area contributed by atoms with E-state index in [1.807, 2.05) is 0 Å².